The molecule has 1 atom stereocenters. The van der Waals surface area contributed by atoms with Crippen LogP contribution in [0.2, 0.25) is 0 Å². The summed E-state index contributed by atoms with van der Waals surface area (Å²) in [6.45, 7) is 8.66. The van der Waals surface area contributed by atoms with Crippen LogP contribution in [-0.4, -0.2) is 32.7 Å². The lowest BCUT2D eigenvalue weighted by molar-refractivity contribution is -0.158. The second-order valence-corrected chi connectivity index (χ2v) is 5.49. The highest BCUT2D eigenvalue weighted by Crippen LogP contribution is 2.40. The molecule has 0 aliphatic heterocycles. The van der Waals surface area contributed by atoms with E-state index in [1.807, 2.05) is 5.32 Å². The van der Waals surface area contributed by atoms with Gasteiger partial charge < -0.3 is 10.2 Å². The van der Waals surface area contributed by atoms with Crippen LogP contribution in [0, 0.1) is 19.4 Å². The first-order valence-corrected chi connectivity index (χ1v) is 6.91. The van der Waals surface area contributed by atoms with Crippen LogP contribution >= 0.6 is 0 Å². The van der Waals surface area contributed by atoms with Crippen LogP contribution in [0.15, 0.2) is 12.3 Å². The Morgan fingerprint density at radius 1 is 1.52 bits per heavy atom. The topological polar surface area (TPSA) is 63.7 Å². The number of nitrogens with one attached hydrogen (secondary N) is 1. The quantitative estimate of drug-likeness (QED) is 0.883. The van der Waals surface area contributed by atoms with E-state index >= 15 is 0 Å². The van der Waals surface area contributed by atoms with Crippen LogP contribution in [0.25, 0.3) is 10.5 Å². The fraction of sp³-hybridized carbons (Fsp3) is 0.429. The molecule has 120 valence electrons. The van der Waals surface area contributed by atoms with Gasteiger partial charge in [0.05, 0.1) is 6.20 Å². The lowest BCUT2D eigenvalue weighted by Crippen LogP contribution is -2.46. The van der Waals surface area contributed by atoms with Crippen LogP contribution in [-0.2, 0) is 0 Å². The smallest absolute Gasteiger partial charge is 0.361 e. The summed E-state index contributed by atoms with van der Waals surface area (Å²) < 4.78 is 40.4. The normalized spacial score (nSPS) is 16.1. The molecule has 1 aliphatic carbocycles. The summed E-state index contributed by atoms with van der Waals surface area (Å²) in [5.74, 6) is -1.41. The lowest BCUT2D eigenvalue weighted by atomic mass is 10.1. The molecule has 2 aromatic heterocycles. The molecule has 2 aromatic rings. The first-order chi connectivity index (χ1) is 10.8. The number of hydrogen-bond donors (Lipinski definition) is 1. The number of fused-ring (bicyclic) bond motifs is 1. The van der Waals surface area contributed by atoms with Gasteiger partial charge in [-0.3, -0.25) is 4.79 Å². The number of aryl methyl sites for hydroxylation is 1. The molecule has 0 bridgehead atoms. The fourth-order valence-corrected chi connectivity index (χ4v) is 2.43. The van der Waals surface area contributed by atoms with Gasteiger partial charge in [0.2, 0.25) is 0 Å². The Morgan fingerprint density at radius 2 is 2.22 bits per heavy atom. The average molecular weight is 323 g/mol. The van der Waals surface area contributed by atoms with E-state index in [0.717, 1.165) is 0 Å². The van der Waals surface area contributed by atoms with Crippen molar-refractivity contribution in [1.29, 1.82) is 0 Å². The number of alkyl halides is 3. The largest absolute Gasteiger partial charge is 0.408 e. The Bertz CT molecular complexity index is 816. The summed E-state index contributed by atoms with van der Waals surface area (Å²) in [5, 5.41) is 5.99. The zero-order valence-corrected chi connectivity index (χ0v) is 12.1. The predicted molar refractivity (Wildman–Crippen MR) is 74.0 cm³/mol. The molecule has 0 radical (unpaired) electrons. The number of nitrogens with zero attached hydrogens (tertiary/aromatic N) is 4. The molecule has 1 saturated carbocycles. The molecule has 6 nitrogen and oxygen atoms in total. The van der Waals surface area contributed by atoms with Crippen molar-refractivity contribution in [2.45, 2.75) is 32.0 Å². The Kier molecular flexibility index (Phi) is 3.47. The standard InChI is InChI=1S/C14H12F3N5O/c1-7-5-10(18-2)20-12-9(6-19-22(7)12)13(23)21-11(8-3-4-8)14(15,16)17/h5-6,8,11H,3-4H2,1H3,(H,21,23)/t11-/m0/s1. The van der Waals surface area contributed by atoms with Crippen molar-refractivity contribution in [2.24, 2.45) is 5.92 Å². The van der Waals surface area contributed by atoms with Crippen LogP contribution in [0.4, 0.5) is 19.0 Å². The van der Waals surface area contributed by atoms with Crippen LogP contribution in [0.5, 0.6) is 0 Å². The van der Waals surface area contributed by atoms with Gasteiger partial charge in [-0.1, -0.05) is 11.6 Å². The molecule has 1 amide bonds. The first kappa shape index (κ1) is 15.3. The first-order valence-electron chi connectivity index (χ1n) is 6.91. The van der Waals surface area contributed by atoms with Crippen LogP contribution < -0.4 is 5.32 Å². The maximum Gasteiger partial charge on any atom is 0.408 e. The van der Waals surface area contributed by atoms with E-state index in [1.165, 1.54) is 16.8 Å². The number of rotatable bonds is 3. The Labute approximate surface area is 129 Å². The van der Waals surface area contributed by atoms with E-state index in [0.29, 0.717) is 18.5 Å². The minimum Gasteiger partial charge on any atom is -0.361 e. The number of amides is 1. The van der Waals surface area contributed by atoms with Gasteiger partial charge in [-0.15, -0.1) is 0 Å². The van der Waals surface area contributed by atoms with Gasteiger partial charge in [-0.05, 0) is 31.7 Å². The summed E-state index contributed by atoms with van der Waals surface area (Å²) in [6.07, 6.45) is -2.44. The van der Waals surface area contributed by atoms with E-state index < -0.39 is 24.0 Å². The third-order valence-corrected chi connectivity index (χ3v) is 3.73. The molecule has 23 heavy (non-hydrogen) atoms. The van der Waals surface area contributed by atoms with E-state index in [2.05, 4.69) is 14.9 Å². The van der Waals surface area contributed by atoms with E-state index in [9.17, 15) is 18.0 Å². The Hall–Kier alpha value is -2.63. The van der Waals surface area contributed by atoms with Crippen molar-refractivity contribution in [3.8, 4) is 0 Å². The lowest BCUT2D eigenvalue weighted by Gasteiger charge is -2.20. The average Bonchev–Trinajstić information content (AvgIpc) is 3.21. The second kappa shape index (κ2) is 5.22. The number of carbonyl (C=O) groups excluding carboxylic acids is 1. The minimum atomic E-state index is -4.50. The number of hydrogen-bond acceptors (Lipinski definition) is 3. The number of halogens is 3. The van der Waals surface area contributed by atoms with Gasteiger partial charge in [0.25, 0.3) is 17.4 Å². The van der Waals surface area contributed by atoms with Gasteiger partial charge in [0.1, 0.15) is 11.6 Å². The van der Waals surface area contributed by atoms with Gasteiger partial charge in [-0.2, -0.15) is 18.3 Å². The summed E-state index contributed by atoms with van der Waals surface area (Å²) in [6, 6.07) is -0.382. The number of carbonyl (C=O) groups is 1. The summed E-state index contributed by atoms with van der Waals surface area (Å²) in [4.78, 5) is 19.4. The highest BCUT2D eigenvalue weighted by molar-refractivity contribution is 6.00. The monoisotopic (exact) mass is 323 g/mol. The van der Waals surface area contributed by atoms with Crippen LogP contribution in [0.3, 0.4) is 0 Å². The zero-order valence-electron chi connectivity index (χ0n) is 12.1. The predicted octanol–water partition coefficient (Wildman–Crippen LogP) is 2.66. The van der Waals surface area contributed by atoms with Gasteiger partial charge >= 0.3 is 6.18 Å². The van der Waals surface area contributed by atoms with Crippen molar-refractivity contribution in [2.75, 3.05) is 0 Å². The minimum absolute atomic E-state index is 0.0547. The van der Waals surface area contributed by atoms with E-state index in [4.69, 9.17) is 6.57 Å². The molecular formula is C14H12F3N5O. The third kappa shape index (κ3) is 2.84. The molecule has 0 spiro atoms. The third-order valence-electron chi connectivity index (χ3n) is 3.73. The zero-order chi connectivity index (χ0) is 16.8. The SMILES string of the molecule is [C-]#[N+]c1cc(C)n2ncc(C(=O)N[C@@H](C3CC3)C(F)(F)F)c2n1. The molecule has 0 saturated heterocycles. The maximum atomic E-state index is 13.0. The number of aromatic nitrogens is 3. The molecular weight excluding hydrogens is 311 g/mol. The molecule has 3 rings (SSSR count). The summed E-state index contributed by atoms with van der Waals surface area (Å²) >= 11 is 0. The maximum absolute atomic E-state index is 13.0. The van der Waals surface area contributed by atoms with Crippen molar-refractivity contribution >= 4 is 17.4 Å². The fourth-order valence-electron chi connectivity index (χ4n) is 2.43. The van der Waals surface area contributed by atoms with Gasteiger partial charge in [0, 0.05) is 5.69 Å². The molecule has 0 aromatic carbocycles. The molecule has 0 unspecified atom stereocenters. The van der Waals surface area contributed by atoms with E-state index in [-0.39, 0.29) is 17.0 Å². The highest BCUT2D eigenvalue weighted by Gasteiger charge is 2.49. The van der Waals surface area contributed by atoms with Gasteiger partial charge in [-0.25, -0.2) is 4.52 Å². The molecule has 1 N–H and O–H groups in total. The van der Waals surface area contributed by atoms with Crippen molar-refractivity contribution in [3.63, 3.8) is 0 Å². The highest BCUT2D eigenvalue weighted by atomic mass is 19.4. The van der Waals surface area contributed by atoms with Crippen molar-refractivity contribution < 1.29 is 18.0 Å². The van der Waals surface area contributed by atoms with E-state index in [1.54, 1.807) is 6.92 Å². The van der Waals surface area contributed by atoms with Crippen molar-refractivity contribution in [3.05, 3.63) is 34.9 Å². The Balaban J connectivity index is 1.95. The summed E-state index contributed by atoms with van der Waals surface area (Å²) in [7, 11) is 0. The Morgan fingerprint density at radius 3 is 2.78 bits per heavy atom. The molecule has 2 heterocycles. The van der Waals surface area contributed by atoms with Crippen LogP contribution in [0.1, 0.15) is 28.9 Å². The van der Waals surface area contributed by atoms with Gasteiger partial charge in [0.15, 0.2) is 0 Å². The summed E-state index contributed by atoms with van der Waals surface area (Å²) in [5.41, 5.74) is 0.563. The van der Waals surface area contributed by atoms with Crippen molar-refractivity contribution in [1.82, 2.24) is 19.9 Å². The molecule has 1 aliphatic rings. The molecule has 9 heteroatoms. The molecule has 1 fully saturated rings. The second-order valence-electron chi connectivity index (χ2n) is 5.49.